The summed E-state index contributed by atoms with van der Waals surface area (Å²) in [6, 6.07) is 16.1. The molecule has 0 spiro atoms. The number of rotatable bonds is 9. The van der Waals surface area contributed by atoms with E-state index in [2.05, 4.69) is 26.8 Å². The van der Waals surface area contributed by atoms with Crippen molar-refractivity contribution < 1.29 is 18.6 Å². The van der Waals surface area contributed by atoms with E-state index in [-0.39, 0.29) is 22.4 Å². The Balaban J connectivity index is 1.49. The van der Waals surface area contributed by atoms with Crippen molar-refractivity contribution in [3.8, 4) is 16.9 Å². The van der Waals surface area contributed by atoms with Crippen LogP contribution in [-0.2, 0) is 0 Å². The fraction of sp³-hybridized carbons (Fsp3) is 0.269. The highest BCUT2D eigenvalue weighted by molar-refractivity contribution is 7.99. The Morgan fingerprint density at radius 1 is 1.11 bits per heavy atom. The van der Waals surface area contributed by atoms with Crippen LogP contribution in [0.5, 0.6) is 5.75 Å². The summed E-state index contributed by atoms with van der Waals surface area (Å²) in [6.45, 7) is -3.14. The number of nitrogens with zero attached hydrogens (tertiary/aromatic N) is 1. The molecule has 1 aliphatic rings. The summed E-state index contributed by atoms with van der Waals surface area (Å²) < 4.78 is 30.5. The predicted molar refractivity (Wildman–Crippen MR) is 137 cm³/mol. The topological polar surface area (TPSA) is 58.1 Å². The highest BCUT2D eigenvalue weighted by Gasteiger charge is 2.24. The zero-order chi connectivity index (χ0) is 24.5. The van der Waals surface area contributed by atoms with E-state index in [1.807, 2.05) is 23.9 Å². The Labute approximate surface area is 215 Å². The van der Waals surface area contributed by atoms with Gasteiger partial charge in [0.15, 0.2) is 0 Å². The molecular weight excluding hydrogens is 513 g/mol. The first-order valence-electron chi connectivity index (χ1n) is 11.2. The van der Waals surface area contributed by atoms with Crippen LogP contribution in [0.2, 0.25) is 10.0 Å². The first kappa shape index (κ1) is 24.4. The standard InChI is InChI=1S/C26H22Cl2F2N2O2S/c27-19-11-20-24(23(28)22(19)17-3-1-2-4-21(17)34-26(29)30)32-25(31-20)18(12-33)15-7-9-16(10-8-15)35-13-14-5-6-14/h1-4,7-11,14,18,26,33H,5-6,12-13H2,(H,31,32). The van der Waals surface area contributed by atoms with Crippen molar-refractivity contribution in [1.82, 2.24) is 9.97 Å². The first-order chi connectivity index (χ1) is 16.9. The molecule has 2 N–H and O–H groups in total. The number of imidazole rings is 1. The van der Waals surface area contributed by atoms with Crippen molar-refractivity contribution in [1.29, 1.82) is 0 Å². The Morgan fingerprint density at radius 3 is 2.54 bits per heavy atom. The second-order valence-electron chi connectivity index (χ2n) is 8.50. The molecule has 1 saturated carbocycles. The second kappa shape index (κ2) is 10.3. The van der Waals surface area contributed by atoms with Gasteiger partial charge in [-0.25, -0.2) is 4.98 Å². The largest absolute Gasteiger partial charge is 0.434 e. The molecule has 0 aliphatic heterocycles. The van der Waals surface area contributed by atoms with Gasteiger partial charge in [0, 0.05) is 21.8 Å². The zero-order valence-electron chi connectivity index (χ0n) is 18.5. The molecule has 35 heavy (non-hydrogen) atoms. The van der Waals surface area contributed by atoms with Crippen LogP contribution in [0.4, 0.5) is 8.78 Å². The summed E-state index contributed by atoms with van der Waals surface area (Å²) in [5, 5.41) is 10.7. The third-order valence-corrected chi connectivity index (χ3v) is 7.95. The minimum atomic E-state index is -2.99. The van der Waals surface area contributed by atoms with E-state index in [0.29, 0.717) is 28.0 Å². The number of halogens is 4. The number of ether oxygens (including phenoxy) is 1. The molecule has 9 heteroatoms. The van der Waals surface area contributed by atoms with E-state index < -0.39 is 12.5 Å². The lowest BCUT2D eigenvalue weighted by atomic mass is 9.99. The van der Waals surface area contributed by atoms with Crippen LogP contribution in [0.15, 0.2) is 59.5 Å². The predicted octanol–water partition coefficient (Wildman–Crippen LogP) is 7.76. The van der Waals surface area contributed by atoms with E-state index in [4.69, 9.17) is 23.2 Å². The lowest BCUT2D eigenvalue weighted by Gasteiger charge is -2.13. The second-order valence-corrected chi connectivity index (χ2v) is 10.4. The Hall–Kier alpha value is -2.32. The lowest BCUT2D eigenvalue weighted by molar-refractivity contribution is -0.0494. The fourth-order valence-corrected chi connectivity index (χ4v) is 5.82. The van der Waals surface area contributed by atoms with Gasteiger partial charge in [-0.3, -0.25) is 0 Å². The van der Waals surface area contributed by atoms with Crippen molar-refractivity contribution in [3.63, 3.8) is 0 Å². The highest BCUT2D eigenvalue weighted by atomic mass is 35.5. The number of nitrogens with one attached hydrogen (secondary N) is 1. The summed E-state index contributed by atoms with van der Waals surface area (Å²) in [7, 11) is 0. The number of benzene rings is 3. The smallest absolute Gasteiger partial charge is 0.387 e. The monoisotopic (exact) mass is 534 g/mol. The van der Waals surface area contributed by atoms with Crippen molar-refractivity contribution in [3.05, 3.63) is 76.0 Å². The Bertz CT molecular complexity index is 1340. The molecular formula is C26H22Cl2F2N2O2S. The molecule has 182 valence electrons. The summed E-state index contributed by atoms with van der Waals surface area (Å²) >= 11 is 15.1. The molecule has 1 aromatic heterocycles. The molecule has 1 heterocycles. The number of aliphatic hydroxyl groups excluding tert-OH is 1. The average Bonchev–Trinajstić information content (AvgIpc) is 3.58. The number of alkyl halides is 2. The molecule has 0 bridgehead atoms. The van der Waals surface area contributed by atoms with Gasteiger partial charge in [0.25, 0.3) is 0 Å². The molecule has 4 nitrogen and oxygen atoms in total. The van der Waals surface area contributed by atoms with Gasteiger partial charge < -0.3 is 14.8 Å². The van der Waals surface area contributed by atoms with Crippen LogP contribution in [-0.4, -0.2) is 34.0 Å². The van der Waals surface area contributed by atoms with E-state index in [9.17, 15) is 13.9 Å². The summed E-state index contributed by atoms with van der Waals surface area (Å²) in [6.07, 6.45) is 2.64. The molecule has 0 amide bonds. The molecule has 1 fully saturated rings. The van der Waals surface area contributed by atoms with E-state index in [1.54, 1.807) is 24.3 Å². The number of hydrogen-bond donors (Lipinski definition) is 2. The van der Waals surface area contributed by atoms with Gasteiger partial charge in [0.2, 0.25) is 0 Å². The highest BCUT2D eigenvalue weighted by Crippen LogP contribution is 2.44. The molecule has 1 atom stereocenters. The van der Waals surface area contributed by atoms with Crippen molar-refractivity contribution in [2.24, 2.45) is 5.92 Å². The van der Waals surface area contributed by atoms with E-state index >= 15 is 0 Å². The van der Waals surface area contributed by atoms with Gasteiger partial charge in [-0.2, -0.15) is 8.78 Å². The van der Waals surface area contributed by atoms with Gasteiger partial charge in [-0.05, 0) is 48.6 Å². The molecule has 5 rings (SSSR count). The van der Waals surface area contributed by atoms with Crippen LogP contribution in [0, 0.1) is 5.92 Å². The molecule has 1 unspecified atom stereocenters. The number of hydrogen-bond acceptors (Lipinski definition) is 4. The maximum absolute atomic E-state index is 12.9. The number of thioether (sulfide) groups is 1. The third kappa shape index (κ3) is 5.28. The SMILES string of the molecule is OCC(c1ccc(SCC2CC2)cc1)c1nc2c(Cl)c(-c3ccccc3OC(F)F)c(Cl)cc2[nH]1. The third-order valence-electron chi connectivity index (χ3n) is 6.04. The molecule has 0 radical (unpaired) electrons. The summed E-state index contributed by atoms with van der Waals surface area (Å²) in [5.74, 6) is 2.09. The van der Waals surface area contributed by atoms with Gasteiger partial charge in [-0.1, -0.05) is 53.5 Å². The van der Waals surface area contributed by atoms with E-state index in [0.717, 1.165) is 17.2 Å². The number of H-pyrrole nitrogens is 1. The van der Waals surface area contributed by atoms with Gasteiger partial charge in [0.1, 0.15) is 17.1 Å². The van der Waals surface area contributed by atoms with E-state index in [1.165, 1.54) is 23.8 Å². The molecule has 4 aromatic rings. The van der Waals surface area contributed by atoms with Gasteiger partial charge in [0.05, 0.1) is 28.1 Å². The van der Waals surface area contributed by atoms with Crippen molar-refractivity contribution in [2.75, 3.05) is 12.4 Å². The number of aromatic nitrogens is 2. The quantitative estimate of drug-likeness (QED) is 0.215. The first-order valence-corrected chi connectivity index (χ1v) is 12.9. The van der Waals surface area contributed by atoms with Crippen LogP contribution >= 0.6 is 35.0 Å². The number of aliphatic hydroxyl groups is 1. The maximum atomic E-state index is 12.9. The number of para-hydroxylation sites is 1. The van der Waals surface area contributed by atoms with Crippen LogP contribution in [0.1, 0.15) is 30.1 Å². The number of fused-ring (bicyclic) bond motifs is 1. The zero-order valence-corrected chi connectivity index (χ0v) is 20.8. The lowest BCUT2D eigenvalue weighted by Crippen LogP contribution is -2.08. The van der Waals surface area contributed by atoms with Crippen molar-refractivity contribution in [2.45, 2.75) is 30.3 Å². The van der Waals surface area contributed by atoms with Crippen LogP contribution < -0.4 is 4.74 Å². The van der Waals surface area contributed by atoms with Crippen LogP contribution in [0.3, 0.4) is 0 Å². The minimum Gasteiger partial charge on any atom is -0.434 e. The fourth-order valence-electron chi connectivity index (χ4n) is 4.03. The van der Waals surface area contributed by atoms with Gasteiger partial charge >= 0.3 is 6.61 Å². The normalized spacial score (nSPS) is 14.6. The van der Waals surface area contributed by atoms with Gasteiger partial charge in [-0.15, -0.1) is 11.8 Å². The molecule has 1 aliphatic carbocycles. The molecule has 3 aromatic carbocycles. The van der Waals surface area contributed by atoms with Crippen LogP contribution in [0.25, 0.3) is 22.2 Å². The maximum Gasteiger partial charge on any atom is 0.387 e. The molecule has 0 saturated heterocycles. The summed E-state index contributed by atoms with van der Waals surface area (Å²) in [4.78, 5) is 9.09. The minimum absolute atomic E-state index is 0.0331. The number of aromatic amines is 1. The Kier molecular flexibility index (Phi) is 7.21. The summed E-state index contributed by atoms with van der Waals surface area (Å²) in [5.41, 5.74) is 2.63. The van der Waals surface area contributed by atoms with Crippen molar-refractivity contribution >= 4 is 46.0 Å². The average molecular weight is 535 g/mol. The Morgan fingerprint density at radius 2 is 1.86 bits per heavy atom.